The summed E-state index contributed by atoms with van der Waals surface area (Å²) in [6, 6.07) is 16.2. The highest BCUT2D eigenvalue weighted by molar-refractivity contribution is 8.02. The number of benzene rings is 2. The van der Waals surface area contributed by atoms with Gasteiger partial charge in [0.1, 0.15) is 0 Å². The van der Waals surface area contributed by atoms with E-state index in [1.165, 1.54) is 5.56 Å². The van der Waals surface area contributed by atoms with Crippen LogP contribution in [0.5, 0.6) is 0 Å². The first kappa shape index (κ1) is 18.7. The van der Waals surface area contributed by atoms with Crippen molar-refractivity contribution in [2.45, 2.75) is 49.8 Å². The summed E-state index contributed by atoms with van der Waals surface area (Å²) in [5.74, 6) is 0.252. The molecule has 4 nitrogen and oxygen atoms in total. The highest BCUT2D eigenvalue weighted by atomic mass is 32.2. The Morgan fingerprint density at radius 2 is 1.79 bits per heavy atom. The predicted molar refractivity (Wildman–Crippen MR) is 117 cm³/mol. The van der Waals surface area contributed by atoms with Gasteiger partial charge in [0.2, 0.25) is 5.91 Å². The number of aryl methyl sites for hydroxylation is 1. The van der Waals surface area contributed by atoms with Gasteiger partial charge in [0.15, 0.2) is 4.87 Å². The van der Waals surface area contributed by atoms with E-state index in [-0.39, 0.29) is 22.5 Å². The van der Waals surface area contributed by atoms with Crippen LogP contribution in [0.1, 0.15) is 43.4 Å². The van der Waals surface area contributed by atoms with Crippen LogP contribution in [-0.4, -0.2) is 28.0 Å². The topological polar surface area (TPSA) is 40.6 Å². The number of amides is 2. The third kappa shape index (κ3) is 2.82. The molecule has 3 aliphatic rings. The second-order valence-electron chi connectivity index (χ2n) is 9.04. The van der Waals surface area contributed by atoms with Gasteiger partial charge >= 0.3 is 0 Å². The first-order chi connectivity index (χ1) is 13.8. The molecule has 0 bridgehead atoms. The van der Waals surface area contributed by atoms with Crippen LogP contribution in [0.3, 0.4) is 0 Å². The molecule has 2 fully saturated rings. The van der Waals surface area contributed by atoms with Crippen LogP contribution in [0.15, 0.2) is 48.5 Å². The van der Waals surface area contributed by atoms with Gasteiger partial charge in [-0.1, -0.05) is 42.5 Å². The minimum Gasteiger partial charge on any atom is -0.314 e. The Morgan fingerprint density at radius 3 is 2.52 bits per heavy atom. The molecule has 2 aliphatic heterocycles. The Bertz CT molecular complexity index is 1010. The fraction of sp³-hybridized carbons (Fsp3) is 0.417. The van der Waals surface area contributed by atoms with Crippen LogP contribution >= 0.6 is 11.8 Å². The highest BCUT2D eigenvalue weighted by Crippen LogP contribution is 2.60. The SMILES string of the molecule is Cc1ccccc1CN1C(=O)[C@@]2(SC(C)(C)CN2C(=O)C2CC2)c2ccccc21. The number of hydrogen-bond donors (Lipinski definition) is 0. The lowest BCUT2D eigenvalue weighted by Crippen LogP contribution is -2.50. The molecule has 2 amide bonds. The summed E-state index contributed by atoms with van der Waals surface area (Å²) in [4.78, 5) is 30.2. The normalized spacial score (nSPS) is 25.0. The predicted octanol–water partition coefficient (Wildman–Crippen LogP) is 4.46. The number of hydrogen-bond acceptors (Lipinski definition) is 3. The van der Waals surface area contributed by atoms with Gasteiger partial charge in [-0.25, -0.2) is 0 Å². The molecule has 1 saturated carbocycles. The Morgan fingerprint density at radius 1 is 1.10 bits per heavy atom. The van der Waals surface area contributed by atoms with Crippen LogP contribution < -0.4 is 4.90 Å². The van der Waals surface area contributed by atoms with Gasteiger partial charge in [-0.15, -0.1) is 11.8 Å². The van der Waals surface area contributed by atoms with Crippen molar-refractivity contribution in [1.29, 1.82) is 0 Å². The standard InChI is InChI=1S/C24H26N2O2S/c1-16-8-4-5-9-18(16)14-25-20-11-7-6-10-19(20)24(22(25)28)26(15-23(2,3)29-24)21(27)17-12-13-17/h4-11,17H,12-15H2,1-3H3/t24-/m0/s1. The van der Waals surface area contributed by atoms with Gasteiger partial charge in [-0.05, 0) is 50.8 Å². The zero-order valence-electron chi connectivity index (χ0n) is 17.1. The fourth-order valence-electron chi connectivity index (χ4n) is 4.64. The molecule has 0 unspecified atom stereocenters. The van der Waals surface area contributed by atoms with E-state index in [2.05, 4.69) is 32.9 Å². The lowest BCUT2D eigenvalue weighted by molar-refractivity contribution is -0.141. The van der Waals surface area contributed by atoms with E-state index in [1.807, 2.05) is 46.2 Å². The van der Waals surface area contributed by atoms with Gasteiger partial charge in [0, 0.05) is 22.8 Å². The van der Waals surface area contributed by atoms with Crippen molar-refractivity contribution < 1.29 is 9.59 Å². The first-order valence-electron chi connectivity index (χ1n) is 10.3. The summed E-state index contributed by atoms with van der Waals surface area (Å²) < 4.78 is -0.175. The molecule has 2 heterocycles. The maximum absolute atomic E-state index is 14.1. The summed E-state index contributed by atoms with van der Waals surface area (Å²) in [6.07, 6.45) is 1.89. The monoisotopic (exact) mass is 406 g/mol. The third-order valence-electron chi connectivity index (χ3n) is 6.22. The van der Waals surface area contributed by atoms with E-state index in [1.54, 1.807) is 11.8 Å². The zero-order chi connectivity index (χ0) is 20.4. The Hall–Kier alpha value is -2.27. The molecular formula is C24H26N2O2S. The van der Waals surface area contributed by atoms with E-state index in [0.29, 0.717) is 13.1 Å². The first-order valence-corrected chi connectivity index (χ1v) is 11.1. The molecule has 1 atom stereocenters. The van der Waals surface area contributed by atoms with Gasteiger partial charge < -0.3 is 9.80 Å². The smallest absolute Gasteiger partial charge is 0.268 e. The Kier molecular flexibility index (Phi) is 4.11. The van der Waals surface area contributed by atoms with Crippen molar-refractivity contribution in [3.8, 4) is 0 Å². The second-order valence-corrected chi connectivity index (χ2v) is 10.9. The van der Waals surface area contributed by atoms with E-state index in [9.17, 15) is 9.59 Å². The lowest BCUT2D eigenvalue weighted by atomic mass is 10.0. The third-order valence-corrected chi connectivity index (χ3v) is 7.81. The van der Waals surface area contributed by atoms with Crippen LogP contribution in [0.2, 0.25) is 0 Å². The van der Waals surface area contributed by atoms with E-state index in [4.69, 9.17) is 0 Å². The molecule has 0 aromatic heterocycles. The van der Waals surface area contributed by atoms with E-state index < -0.39 is 4.87 Å². The Balaban J connectivity index is 1.63. The van der Waals surface area contributed by atoms with Crippen molar-refractivity contribution >= 4 is 29.3 Å². The van der Waals surface area contributed by atoms with Crippen molar-refractivity contribution in [1.82, 2.24) is 4.90 Å². The summed E-state index contributed by atoms with van der Waals surface area (Å²) in [6.45, 7) is 7.48. The summed E-state index contributed by atoms with van der Waals surface area (Å²) in [7, 11) is 0. The molecule has 5 heteroatoms. The number of anilines is 1. The number of para-hydroxylation sites is 1. The van der Waals surface area contributed by atoms with Crippen LogP contribution in [0, 0.1) is 12.8 Å². The van der Waals surface area contributed by atoms with Crippen molar-refractivity contribution in [3.05, 3.63) is 65.2 Å². The van der Waals surface area contributed by atoms with Crippen molar-refractivity contribution in [2.24, 2.45) is 5.92 Å². The summed E-state index contributed by atoms with van der Waals surface area (Å²) in [5.41, 5.74) is 4.20. The number of fused-ring (bicyclic) bond motifs is 2. The van der Waals surface area contributed by atoms with Crippen LogP contribution in [0.4, 0.5) is 5.69 Å². The molecule has 2 aromatic carbocycles. The average molecular weight is 407 g/mol. The minimum atomic E-state index is -0.942. The van der Waals surface area contributed by atoms with E-state index >= 15 is 0 Å². The molecular weight excluding hydrogens is 380 g/mol. The lowest BCUT2D eigenvalue weighted by Gasteiger charge is -2.33. The molecule has 0 N–H and O–H groups in total. The maximum atomic E-state index is 14.1. The molecule has 29 heavy (non-hydrogen) atoms. The maximum Gasteiger partial charge on any atom is 0.268 e. The van der Waals surface area contributed by atoms with Crippen LogP contribution in [-0.2, 0) is 21.0 Å². The van der Waals surface area contributed by atoms with Gasteiger partial charge in [-0.3, -0.25) is 9.59 Å². The average Bonchev–Trinajstić information content (AvgIpc) is 3.46. The van der Waals surface area contributed by atoms with Gasteiger partial charge in [0.25, 0.3) is 5.91 Å². The number of nitrogens with zero attached hydrogens (tertiary/aromatic N) is 2. The molecule has 1 spiro atoms. The molecule has 2 aromatic rings. The molecule has 150 valence electrons. The molecule has 1 saturated heterocycles. The largest absolute Gasteiger partial charge is 0.314 e. The number of carbonyl (C=O) groups is 2. The molecule has 5 rings (SSSR count). The van der Waals surface area contributed by atoms with Crippen molar-refractivity contribution in [2.75, 3.05) is 11.4 Å². The van der Waals surface area contributed by atoms with Gasteiger partial charge in [-0.2, -0.15) is 0 Å². The summed E-state index contributed by atoms with van der Waals surface area (Å²) in [5, 5.41) is 0. The molecule has 1 aliphatic carbocycles. The quantitative estimate of drug-likeness (QED) is 0.756. The van der Waals surface area contributed by atoms with Crippen LogP contribution in [0.25, 0.3) is 0 Å². The van der Waals surface area contributed by atoms with E-state index in [0.717, 1.165) is 29.7 Å². The van der Waals surface area contributed by atoms with Gasteiger partial charge in [0.05, 0.1) is 12.2 Å². The number of rotatable bonds is 3. The number of carbonyl (C=O) groups excluding carboxylic acids is 2. The zero-order valence-corrected chi connectivity index (χ0v) is 18.0. The van der Waals surface area contributed by atoms with Crippen molar-refractivity contribution in [3.63, 3.8) is 0 Å². The fourth-order valence-corrected chi connectivity index (χ4v) is 6.38. The molecule has 0 radical (unpaired) electrons. The highest BCUT2D eigenvalue weighted by Gasteiger charge is 2.64. The second kappa shape index (κ2) is 6.36. The number of thioether (sulfide) groups is 1. The Labute approximate surface area is 176 Å². The minimum absolute atomic E-state index is 0.0199. The summed E-state index contributed by atoms with van der Waals surface area (Å²) >= 11 is 1.64.